The molecule has 1 amide bonds. The Kier molecular flexibility index (Phi) is 2.57. The van der Waals surface area contributed by atoms with E-state index in [1.54, 1.807) is 5.32 Å². The number of rotatable bonds is 1. The summed E-state index contributed by atoms with van der Waals surface area (Å²) in [6, 6.07) is 1.72. The number of aromatic hydroxyl groups is 1. The molecule has 1 rings (SSSR count). The average molecular weight is 206 g/mol. The maximum Gasteiger partial charge on any atom is 0.409 e. The van der Waals surface area contributed by atoms with Crippen LogP contribution in [0.1, 0.15) is 0 Å². The molecule has 0 unspecified atom stereocenters. The topological polar surface area (TPSA) is 69.6 Å². The lowest BCUT2D eigenvalue weighted by Gasteiger charge is -2.04. The highest BCUT2D eigenvalue weighted by Crippen LogP contribution is 2.28. The molecule has 0 aromatic heterocycles. The molecule has 0 saturated heterocycles. The molecule has 0 aliphatic carbocycles. The van der Waals surface area contributed by atoms with Crippen molar-refractivity contribution in [1.29, 1.82) is 0 Å². The summed E-state index contributed by atoms with van der Waals surface area (Å²) in [6.07, 6.45) is -1.42. The molecule has 1 aromatic carbocycles. The molecular formula is C7H5ClFNO3. The summed E-state index contributed by atoms with van der Waals surface area (Å²) in [6.45, 7) is 0. The van der Waals surface area contributed by atoms with Crippen LogP contribution >= 0.6 is 11.6 Å². The van der Waals surface area contributed by atoms with Gasteiger partial charge in [0.2, 0.25) is 0 Å². The van der Waals surface area contributed by atoms with Crippen molar-refractivity contribution in [2.24, 2.45) is 0 Å². The molecule has 1 aromatic rings. The minimum absolute atomic E-state index is 0.173. The number of anilines is 1. The quantitative estimate of drug-likeness (QED) is 0.659. The monoisotopic (exact) mass is 205 g/mol. The van der Waals surface area contributed by atoms with Crippen molar-refractivity contribution >= 4 is 23.4 Å². The highest BCUT2D eigenvalue weighted by molar-refractivity contribution is 6.32. The van der Waals surface area contributed by atoms with E-state index in [4.69, 9.17) is 21.8 Å². The third-order valence-electron chi connectivity index (χ3n) is 1.28. The fourth-order valence-electron chi connectivity index (χ4n) is 0.749. The van der Waals surface area contributed by atoms with Crippen LogP contribution in [0.25, 0.3) is 0 Å². The van der Waals surface area contributed by atoms with Crippen molar-refractivity contribution in [2.45, 2.75) is 0 Å². The van der Waals surface area contributed by atoms with Crippen molar-refractivity contribution in [3.05, 3.63) is 23.0 Å². The average Bonchev–Trinajstić information content (AvgIpc) is 1.99. The number of phenolic OH excluding ortho intramolecular Hbond substituents is 1. The number of nitrogens with one attached hydrogen (secondary N) is 1. The first-order chi connectivity index (χ1) is 6.00. The van der Waals surface area contributed by atoms with Gasteiger partial charge in [-0.15, -0.1) is 0 Å². The lowest BCUT2D eigenvalue weighted by atomic mass is 10.3. The predicted molar refractivity (Wildman–Crippen MR) is 44.7 cm³/mol. The molecule has 6 heteroatoms. The summed E-state index contributed by atoms with van der Waals surface area (Å²) in [4.78, 5) is 10.1. The van der Waals surface area contributed by atoms with Crippen LogP contribution in [-0.2, 0) is 0 Å². The van der Waals surface area contributed by atoms with E-state index in [1.807, 2.05) is 0 Å². The zero-order valence-electron chi connectivity index (χ0n) is 6.21. The summed E-state index contributed by atoms with van der Waals surface area (Å²) < 4.78 is 12.9. The van der Waals surface area contributed by atoms with Gasteiger partial charge in [-0.2, -0.15) is 0 Å². The number of hydrogen-bond donors (Lipinski definition) is 3. The van der Waals surface area contributed by atoms with E-state index in [0.717, 1.165) is 12.1 Å². The van der Waals surface area contributed by atoms with E-state index < -0.39 is 11.9 Å². The normalized spacial score (nSPS) is 9.69. The summed E-state index contributed by atoms with van der Waals surface area (Å²) in [7, 11) is 0. The molecule has 0 bridgehead atoms. The highest BCUT2D eigenvalue weighted by atomic mass is 35.5. The second-order valence-corrected chi connectivity index (χ2v) is 2.62. The summed E-state index contributed by atoms with van der Waals surface area (Å²) in [5, 5.41) is 18.9. The van der Waals surface area contributed by atoms with E-state index in [0.29, 0.717) is 0 Å². The van der Waals surface area contributed by atoms with Gasteiger partial charge in [0, 0.05) is 6.07 Å². The van der Waals surface area contributed by atoms with Gasteiger partial charge in [-0.25, -0.2) is 9.18 Å². The Bertz CT molecular complexity index is 356. The number of halogens is 2. The van der Waals surface area contributed by atoms with Crippen LogP contribution in [0, 0.1) is 5.82 Å². The number of amides is 1. The zero-order chi connectivity index (χ0) is 10.0. The van der Waals surface area contributed by atoms with Gasteiger partial charge in [0.25, 0.3) is 0 Å². The molecule has 0 aliphatic rings. The van der Waals surface area contributed by atoms with Crippen LogP contribution in [0.3, 0.4) is 0 Å². The molecule has 0 aliphatic heterocycles. The first kappa shape index (κ1) is 9.60. The standard InChI is InChI=1S/C7H5ClFNO3/c8-3-1-4(9)5(2-6(3)11)10-7(12)13/h1-2,10-11H,(H,12,13). The Balaban J connectivity index is 3.08. The van der Waals surface area contributed by atoms with E-state index in [9.17, 15) is 9.18 Å². The van der Waals surface area contributed by atoms with Gasteiger partial charge in [-0.3, -0.25) is 5.32 Å². The van der Waals surface area contributed by atoms with E-state index in [2.05, 4.69) is 0 Å². The predicted octanol–water partition coefficient (Wildman–Crippen LogP) is 2.27. The van der Waals surface area contributed by atoms with Crippen molar-refractivity contribution in [3.63, 3.8) is 0 Å². The Labute approximate surface area is 77.6 Å². The van der Waals surface area contributed by atoms with Gasteiger partial charge in [0.05, 0.1) is 10.7 Å². The van der Waals surface area contributed by atoms with E-state index in [1.165, 1.54) is 0 Å². The van der Waals surface area contributed by atoms with Crippen molar-refractivity contribution < 1.29 is 19.4 Å². The third-order valence-corrected chi connectivity index (χ3v) is 1.58. The number of carbonyl (C=O) groups is 1. The molecule has 0 heterocycles. The van der Waals surface area contributed by atoms with E-state index in [-0.39, 0.29) is 16.5 Å². The molecular weight excluding hydrogens is 201 g/mol. The summed E-state index contributed by atoms with van der Waals surface area (Å²) in [5.74, 6) is -1.22. The van der Waals surface area contributed by atoms with Crippen LogP contribution in [0.4, 0.5) is 14.9 Å². The maximum atomic E-state index is 12.9. The summed E-state index contributed by atoms with van der Waals surface area (Å²) >= 11 is 5.36. The number of carboxylic acid groups (broad SMARTS) is 1. The van der Waals surface area contributed by atoms with Crippen LogP contribution in [0.15, 0.2) is 12.1 Å². The van der Waals surface area contributed by atoms with Crippen LogP contribution in [0.5, 0.6) is 5.75 Å². The lowest BCUT2D eigenvalue weighted by molar-refractivity contribution is 0.209. The van der Waals surface area contributed by atoms with Crippen LogP contribution in [-0.4, -0.2) is 16.3 Å². The van der Waals surface area contributed by atoms with Gasteiger partial charge in [0.1, 0.15) is 11.6 Å². The van der Waals surface area contributed by atoms with Gasteiger partial charge in [0.15, 0.2) is 0 Å². The van der Waals surface area contributed by atoms with Crippen LogP contribution in [0.2, 0.25) is 5.02 Å². The minimum atomic E-state index is -1.42. The minimum Gasteiger partial charge on any atom is -0.506 e. The Morgan fingerprint density at radius 3 is 2.69 bits per heavy atom. The van der Waals surface area contributed by atoms with Crippen LogP contribution < -0.4 is 5.32 Å². The molecule has 13 heavy (non-hydrogen) atoms. The molecule has 70 valence electrons. The number of hydrogen-bond acceptors (Lipinski definition) is 2. The van der Waals surface area contributed by atoms with Crippen molar-refractivity contribution in [1.82, 2.24) is 0 Å². The summed E-state index contributed by atoms with van der Waals surface area (Å²) in [5.41, 5.74) is -0.339. The van der Waals surface area contributed by atoms with Crippen molar-refractivity contribution in [2.75, 3.05) is 5.32 Å². The maximum absolute atomic E-state index is 12.9. The van der Waals surface area contributed by atoms with E-state index >= 15 is 0 Å². The fourth-order valence-corrected chi connectivity index (χ4v) is 0.899. The number of phenols is 1. The molecule has 4 nitrogen and oxygen atoms in total. The first-order valence-corrected chi connectivity index (χ1v) is 3.56. The van der Waals surface area contributed by atoms with Gasteiger partial charge in [-0.05, 0) is 6.07 Å². The smallest absolute Gasteiger partial charge is 0.409 e. The molecule has 0 atom stereocenters. The molecule has 0 fully saturated rings. The SMILES string of the molecule is O=C(O)Nc1cc(O)c(Cl)cc1F. The highest BCUT2D eigenvalue weighted by Gasteiger charge is 2.09. The fraction of sp³-hybridized carbons (Fsp3) is 0. The largest absolute Gasteiger partial charge is 0.506 e. The van der Waals surface area contributed by atoms with Gasteiger partial charge < -0.3 is 10.2 Å². The lowest BCUT2D eigenvalue weighted by Crippen LogP contribution is -2.08. The van der Waals surface area contributed by atoms with Crippen molar-refractivity contribution in [3.8, 4) is 5.75 Å². The molecule has 0 spiro atoms. The first-order valence-electron chi connectivity index (χ1n) is 3.18. The Morgan fingerprint density at radius 2 is 2.15 bits per heavy atom. The van der Waals surface area contributed by atoms with Gasteiger partial charge in [-0.1, -0.05) is 11.6 Å². The molecule has 0 radical (unpaired) electrons. The van der Waals surface area contributed by atoms with Gasteiger partial charge >= 0.3 is 6.09 Å². The third kappa shape index (κ3) is 2.22. The Morgan fingerprint density at radius 1 is 1.54 bits per heavy atom. The Hall–Kier alpha value is -1.49. The molecule has 0 saturated carbocycles. The zero-order valence-corrected chi connectivity index (χ0v) is 6.97. The molecule has 3 N–H and O–H groups in total. The second-order valence-electron chi connectivity index (χ2n) is 2.21. The number of benzene rings is 1. The second kappa shape index (κ2) is 3.49.